The average Bonchev–Trinajstić information content (AvgIpc) is 3.33. The van der Waals surface area contributed by atoms with E-state index in [0.29, 0.717) is 29.0 Å². The van der Waals surface area contributed by atoms with Crippen LogP contribution in [-0.2, 0) is 9.53 Å². The summed E-state index contributed by atoms with van der Waals surface area (Å²) in [5.74, 6) is 0.584. The number of aromatic nitrogens is 2. The normalized spacial score (nSPS) is 15.2. The van der Waals surface area contributed by atoms with E-state index in [1.54, 1.807) is 11.3 Å². The maximum absolute atomic E-state index is 11.9. The molecule has 7 nitrogen and oxygen atoms in total. The molecule has 30 heavy (non-hydrogen) atoms. The summed E-state index contributed by atoms with van der Waals surface area (Å²) in [6, 6.07) is 8.09. The highest BCUT2D eigenvalue weighted by Gasteiger charge is 2.22. The monoisotopic (exact) mass is 458 g/mol. The first kappa shape index (κ1) is 20.9. The number of carbonyl (C=O) groups excluding carboxylic acids is 1. The summed E-state index contributed by atoms with van der Waals surface area (Å²) >= 11 is 7.88. The topological polar surface area (TPSA) is 96.4 Å². The number of benzene rings is 1. The van der Waals surface area contributed by atoms with Gasteiger partial charge in [-0.15, -0.1) is 11.3 Å². The van der Waals surface area contributed by atoms with Crippen LogP contribution in [0.2, 0.25) is 0 Å². The van der Waals surface area contributed by atoms with Crippen LogP contribution in [-0.4, -0.2) is 51.7 Å². The number of amides is 1. The van der Waals surface area contributed by atoms with Gasteiger partial charge in [-0.25, -0.2) is 9.97 Å². The van der Waals surface area contributed by atoms with E-state index in [2.05, 4.69) is 32.0 Å². The fourth-order valence-electron chi connectivity index (χ4n) is 2.92. The molecule has 3 aromatic rings. The summed E-state index contributed by atoms with van der Waals surface area (Å²) in [5.41, 5.74) is 2.94. The lowest BCUT2D eigenvalue weighted by molar-refractivity contribution is -0.115. The second kappa shape index (κ2) is 9.63. The summed E-state index contributed by atoms with van der Waals surface area (Å²) in [7, 11) is 0. The first-order valence-corrected chi connectivity index (χ1v) is 11.3. The van der Waals surface area contributed by atoms with Gasteiger partial charge >= 0.3 is 0 Å². The Kier molecular flexibility index (Phi) is 6.70. The van der Waals surface area contributed by atoms with Crippen molar-refractivity contribution in [2.24, 2.45) is 0 Å². The predicted octanol–water partition coefficient (Wildman–Crippen LogP) is 3.27. The van der Waals surface area contributed by atoms with Crippen molar-refractivity contribution < 1.29 is 14.6 Å². The van der Waals surface area contributed by atoms with Crippen molar-refractivity contribution in [3.8, 4) is 11.1 Å². The van der Waals surface area contributed by atoms with Gasteiger partial charge in [0.05, 0.1) is 30.2 Å². The van der Waals surface area contributed by atoms with Crippen LogP contribution < -0.4 is 10.6 Å². The van der Waals surface area contributed by atoms with Crippen LogP contribution in [0.15, 0.2) is 40.9 Å². The molecular formula is C20H18N4O3S3. The van der Waals surface area contributed by atoms with Gasteiger partial charge in [0, 0.05) is 16.8 Å². The molecule has 4 rings (SSSR count). The Bertz CT molecular complexity index is 1130. The highest BCUT2D eigenvalue weighted by Crippen LogP contribution is 2.33. The molecule has 0 bridgehead atoms. The number of hydrogen-bond acceptors (Lipinski definition) is 9. The number of anilines is 1. The number of aliphatic hydroxyl groups is 1. The molecule has 3 N–H and O–H groups in total. The van der Waals surface area contributed by atoms with E-state index in [0.717, 1.165) is 32.7 Å². The zero-order chi connectivity index (χ0) is 20.9. The Morgan fingerprint density at radius 1 is 1.23 bits per heavy atom. The van der Waals surface area contributed by atoms with Crippen molar-refractivity contribution in [1.82, 2.24) is 15.3 Å². The molecule has 154 valence electrons. The van der Waals surface area contributed by atoms with E-state index >= 15 is 0 Å². The van der Waals surface area contributed by atoms with Crippen molar-refractivity contribution >= 4 is 68.3 Å². The Hall–Kier alpha value is -2.37. The zero-order valence-electron chi connectivity index (χ0n) is 15.8. The number of thioether (sulfide) groups is 1. The van der Waals surface area contributed by atoms with Gasteiger partial charge in [-0.05, 0) is 40.8 Å². The molecule has 0 aliphatic carbocycles. The van der Waals surface area contributed by atoms with Gasteiger partial charge in [0.1, 0.15) is 16.5 Å². The number of thiocarbonyl (C=S) groups is 1. The number of ether oxygens (including phenoxy) is 1. The Morgan fingerprint density at radius 2 is 2.13 bits per heavy atom. The smallest absolute Gasteiger partial charge is 0.263 e. The quantitative estimate of drug-likeness (QED) is 0.269. The van der Waals surface area contributed by atoms with E-state index in [9.17, 15) is 4.79 Å². The number of nitrogens with one attached hydrogen (secondary N) is 2. The lowest BCUT2D eigenvalue weighted by atomic mass is 10.1. The maximum Gasteiger partial charge on any atom is 0.263 e. The predicted molar refractivity (Wildman–Crippen MR) is 126 cm³/mol. The van der Waals surface area contributed by atoms with Crippen molar-refractivity contribution in [1.29, 1.82) is 0 Å². The fourth-order valence-corrected chi connectivity index (χ4v) is 4.87. The molecule has 1 aliphatic heterocycles. The molecule has 1 saturated heterocycles. The largest absolute Gasteiger partial charge is 0.394 e. The molecule has 1 amide bonds. The van der Waals surface area contributed by atoms with Gasteiger partial charge in [0.25, 0.3) is 5.91 Å². The molecule has 3 heterocycles. The molecule has 10 heteroatoms. The van der Waals surface area contributed by atoms with Crippen LogP contribution in [0.1, 0.15) is 4.88 Å². The minimum absolute atomic E-state index is 0.00907. The van der Waals surface area contributed by atoms with Crippen LogP contribution in [0.4, 0.5) is 5.82 Å². The minimum atomic E-state index is -0.151. The number of thiophene rings is 1. The molecule has 1 fully saturated rings. The Balaban J connectivity index is 1.55. The van der Waals surface area contributed by atoms with Crippen molar-refractivity contribution in [2.75, 3.05) is 31.7 Å². The zero-order valence-corrected chi connectivity index (χ0v) is 18.2. The Morgan fingerprint density at radius 3 is 2.93 bits per heavy atom. The van der Waals surface area contributed by atoms with Crippen LogP contribution in [0.25, 0.3) is 28.1 Å². The molecule has 0 radical (unpaired) electrons. The molecule has 0 spiro atoms. The third-order valence-corrected chi connectivity index (χ3v) is 6.32. The first-order chi connectivity index (χ1) is 14.6. The summed E-state index contributed by atoms with van der Waals surface area (Å²) in [6.45, 7) is 1.38. The van der Waals surface area contributed by atoms with E-state index in [1.165, 1.54) is 18.1 Å². The fraction of sp³-hybridized carbons (Fsp3) is 0.200. The number of nitrogens with zero attached hydrogens (tertiary/aromatic N) is 2. The lowest BCUT2D eigenvalue weighted by Gasteiger charge is -2.09. The summed E-state index contributed by atoms with van der Waals surface area (Å²) in [6.07, 6.45) is 3.39. The van der Waals surface area contributed by atoms with Gasteiger partial charge in [-0.3, -0.25) is 4.79 Å². The molecule has 0 atom stereocenters. The van der Waals surface area contributed by atoms with Crippen LogP contribution in [0, 0.1) is 0 Å². The van der Waals surface area contributed by atoms with Gasteiger partial charge in [-0.2, -0.15) is 0 Å². The van der Waals surface area contributed by atoms with Crippen LogP contribution in [0.3, 0.4) is 0 Å². The summed E-state index contributed by atoms with van der Waals surface area (Å²) in [4.78, 5) is 22.2. The molecule has 0 saturated carbocycles. The van der Waals surface area contributed by atoms with E-state index in [1.807, 2.05) is 24.3 Å². The van der Waals surface area contributed by atoms with E-state index in [-0.39, 0.29) is 12.5 Å². The van der Waals surface area contributed by atoms with E-state index < -0.39 is 0 Å². The lowest BCUT2D eigenvalue weighted by Crippen LogP contribution is -2.17. The van der Waals surface area contributed by atoms with Crippen LogP contribution in [0.5, 0.6) is 0 Å². The van der Waals surface area contributed by atoms with Crippen molar-refractivity contribution in [3.05, 3.63) is 45.8 Å². The second-order valence-corrected chi connectivity index (χ2v) is 8.97. The number of fused-ring (bicyclic) bond motifs is 1. The molecular weight excluding hydrogens is 440 g/mol. The van der Waals surface area contributed by atoms with Gasteiger partial charge < -0.3 is 20.5 Å². The highest BCUT2D eigenvalue weighted by molar-refractivity contribution is 8.26. The van der Waals surface area contributed by atoms with Gasteiger partial charge in [0.15, 0.2) is 0 Å². The number of carbonyl (C=O) groups is 1. The summed E-state index contributed by atoms with van der Waals surface area (Å²) < 4.78 is 5.77. The van der Waals surface area contributed by atoms with Gasteiger partial charge in [-0.1, -0.05) is 30.0 Å². The molecule has 2 aromatic heterocycles. The third kappa shape index (κ3) is 4.85. The molecule has 1 aromatic carbocycles. The first-order valence-electron chi connectivity index (χ1n) is 9.15. The maximum atomic E-state index is 11.9. The van der Waals surface area contributed by atoms with Crippen molar-refractivity contribution in [3.63, 3.8) is 0 Å². The molecule has 0 unspecified atom stereocenters. The third-order valence-electron chi connectivity index (χ3n) is 4.28. The highest BCUT2D eigenvalue weighted by atomic mass is 32.2. The molecule has 1 aliphatic rings. The van der Waals surface area contributed by atoms with Gasteiger partial charge in [0.2, 0.25) is 0 Å². The van der Waals surface area contributed by atoms with E-state index in [4.69, 9.17) is 22.1 Å². The Labute approximate surface area is 186 Å². The minimum Gasteiger partial charge on any atom is -0.394 e. The standard InChI is InChI=1S/C20H18N4O3S3/c25-4-6-27-5-3-21-18-15-8-12(1-2-16(15)22-11-23-18)13-7-14(29-10-13)9-17-19(26)24-20(28)30-17/h1-2,7-11,25H,3-6H2,(H,21,22,23)(H,24,26,28)/b17-9-. The number of aliphatic hydroxyl groups excluding tert-OH is 1. The van der Waals surface area contributed by atoms with Crippen molar-refractivity contribution in [2.45, 2.75) is 0 Å². The van der Waals surface area contributed by atoms with Crippen LogP contribution >= 0.6 is 35.3 Å². The SMILES string of the molecule is O=C1NC(=S)S/C1=C\c1cc(-c2ccc3ncnc(NCCOCCO)c3c2)cs1. The second-order valence-electron chi connectivity index (χ2n) is 6.31. The average molecular weight is 459 g/mol. The number of hydrogen-bond donors (Lipinski definition) is 3. The number of rotatable bonds is 8. The summed E-state index contributed by atoms with van der Waals surface area (Å²) in [5, 5.41) is 17.6.